The molecular weight excluding hydrogens is 434 g/mol. The Morgan fingerprint density at radius 3 is 2.55 bits per heavy atom. The van der Waals surface area contributed by atoms with Crippen molar-refractivity contribution < 1.29 is 17.9 Å². The molecule has 1 amide bonds. The number of nitrogens with one attached hydrogen (secondary N) is 2. The van der Waals surface area contributed by atoms with Crippen LogP contribution in [0.3, 0.4) is 0 Å². The van der Waals surface area contributed by atoms with E-state index in [1.807, 2.05) is 13.8 Å². The second kappa shape index (κ2) is 8.81. The molecule has 152 valence electrons. The van der Waals surface area contributed by atoms with Crippen molar-refractivity contribution in [2.45, 2.75) is 18.7 Å². The first-order valence-electron chi connectivity index (χ1n) is 8.57. The summed E-state index contributed by atoms with van der Waals surface area (Å²) in [4.78, 5) is 17.4. The minimum atomic E-state index is -3.92. The van der Waals surface area contributed by atoms with Gasteiger partial charge in [-0.05, 0) is 56.3 Å². The minimum Gasteiger partial charge on any atom is -0.494 e. The predicted octanol–water partition coefficient (Wildman–Crippen LogP) is 4.56. The van der Waals surface area contributed by atoms with Crippen molar-refractivity contribution in [1.29, 1.82) is 0 Å². The predicted molar refractivity (Wildman–Crippen MR) is 115 cm³/mol. The Morgan fingerprint density at radius 2 is 1.93 bits per heavy atom. The van der Waals surface area contributed by atoms with Crippen molar-refractivity contribution in [2.75, 3.05) is 16.6 Å². The van der Waals surface area contributed by atoms with Crippen LogP contribution in [0.5, 0.6) is 5.75 Å². The number of carbonyl (C=O) groups excluding carboxylic acids is 1. The van der Waals surface area contributed by atoms with E-state index in [1.54, 1.807) is 30.5 Å². The highest BCUT2D eigenvalue weighted by molar-refractivity contribution is 7.92. The number of thiazole rings is 1. The van der Waals surface area contributed by atoms with Crippen LogP contribution >= 0.6 is 22.9 Å². The van der Waals surface area contributed by atoms with Crippen molar-refractivity contribution in [2.24, 2.45) is 0 Å². The summed E-state index contributed by atoms with van der Waals surface area (Å²) in [6, 6.07) is 10.5. The molecule has 0 unspecified atom stereocenters. The fraction of sp³-hybridized carbons (Fsp3) is 0.158. The summed E-state index contributed by atoms with van der Waals surface area (Å²) in [5.41, 5.74) is 0.404. The van der Waals surface area contributed by atoms with Crippen molar-refractivity contribution in [3.8, 4) is 5.75 Å². The average Bonchev–Trinajstić information content (AvgIpc) is 3.08. The number of nitrogens with zero attached hydrogens (tertiary/aromatic N) is 1. The zero-order chi connectivity index (χ0) is 21.0. The zero-order valence-electron chi connectivity index (χ0n) is 15.6. The zero-order valence-corrected chi connectivity index (χ0v) is 18.0. The molecule has 1 heterocycles. The number of ether oxygens (including phenoxy) is 1. The smallest absolute Gasteiger partial charge is 0.261 e. The van der Waals surface area contributed by atoms with Crippen LogP contribution in [0.25, 0.3) is 0 Å². The van der Waals surface area contributed by atoms with Crippen LogP contribution in [0.1, 0.15) is 22.2 Å². The van der Waals surface area contributed by atoms with Crippen LogP contribution in [-0.4, -0.2) is 25.9 Å². The van der Waals surface area contributed by atoms with E-state index in [0.717, 1.165) is 4.88 Å². The van der Waals surface area contributed by atoms with Gasteiger partial charge in [-0.2, -0.15) is 0 Å². The maximum absolute atomic E-state index is 12.7. The molecule has 0 aliphatic rings. The summed E-state index contributed by atoms with van der Waals surface area (Å²) in [7, 11) is -3.92. The molecule has 3 rings (SSSR count). The first-order valence-corrected chi connectivity index (χ1v) is 11.3. The monoisotopic (exact) mass is 451 g/mol. The summed E-state index contributed by atoms with van der Waals surface area (Å²) in [5.74, 6) is 0.0980. The van der Waals surface area contributed by atoms with Crippen molar-refractivity contribution in [1.82, 2.24) is 4.98 Å². The van der Waals surface area contributed by atoms with Crippen LogP contribution in [0.2, 0.25) is 5.02 Å². The number of benzene rings is 2. The number of sulfonamides is 1. The van der Waals surface area contributed by atoms with Gasteiger partial charge in [0, 0.05) is 16.8 Å². The van der Waals surface area contributed by atoms with Gasteiger partial charge in [-0.15, -0.1) is 11.3 Å². The number of anilines is 2. The molecule has 7 nitrogen and oxygen atoms in total. The molecule has 0 radical (unpaired) electrons. The van der Waals surface area contributed by atoms with E-state index in [-0.39, 0.29) is 15.5 Å². The molecule has 0 saturated heterocycles. The lowest BCUT2D eigenvalue weighted by Gasteiger charge is -2.11. The number of aryl methyl sites for hydroxylation is 1. The molecule has 2 N–H and O–H groups in total. The number of amides is 1. The molecule has 0 spiro atoms. The maximum Gasteiger partial charge on any atom is 0.261 e. The van der Waals surface area contributed by atoms with E-state index in [9.17, 15) is 13.2 Å². The second-order valence-corrected chi connectivity index (χ2v) is 9.26. The highest BCUT2D eigenvalue weighted by Gasteiger charge is 2.20. The van der Waals surface area contributed by atoms with Gasteiger partial charge in [-0.25, -0.2) is 13.4 Å². The Balaban J connectivity index is 1.82. The molecular formula is C19H18ClN3O4S2. The average molecular weight is 452 g/mol. The fourth-order valence-electron chi connectivity index (χ4n) is 2.42. The molecule has 0 atom stereocenters. The Morgan fingerprint density at radius 1 is 1.21 bits per heavy atom. The number of rotatable bonds is 7. The maximum atomic E-state index is 12.7. The minimum absolute atomic E-state index is 0.0362. The number of hydrogen-bond donors (Lipinski definition) is 2. The van der Waals surface area contributed by atoms with Gasteiger partial charge < -0.3 is 4.74 Å². The Labute approximate surface area is 177 Å². The first kappa shape index (κ1) is 21.1. The Hall–Kier alpha value is -2.62. The lowest BCUT2D eigenvalue weighted by molar-refractivity contribution is 0.102. The molecule has 0 aliphatic heterocycles. The molecule has 1 aromatic heterocycles. The van der Waals surface area contributed by atoms with E-state index in [4.69, 9.17) is 16.3 Å². The van der Waals surface area contributed by atoms with Gasteiger partial charge >= 0.3 is 0 Å². The Kier molecular flexibility index (Phi) is 6.41. The molecule has 0 fully saturated rings. The summed E-state index contributed by atoms with van der Waals surface area (Å²) >= 11 is 7.42. The van der Waals surface area contributed by atoms with E-state index < -0.39 is 15.9 Å². The lowest BCUT2D eigenvalue weighted by Crippen LogP contribution is -2.16. The van der Waals surface area contributed by atoms with Crippen molar-refractivity contribution >= 4 is 49.7 Å². The number of aromatic nitrogens is 1. The van der Waals surface area contributed by atoms with Gasteiger partial charge in [0.2, 0.25) is 0 Å². The van der Waals surface area contributed by atoms with E-state index in [1.165, 1.54) is 29.5 Å². The molecule has 0 saturated carbocycles. The second-order valence-electron chi connectivity index (χ2n) is 5.93. The van der Waals surface area contributed by atoms with Gasteiger partial charge in [0.05, 0.1) is 22.1 Å². The van der Waals surface area contributed by atoms with Crippen molar-refractivity contribution in [3.05, 3.63) is 64.1 Å². The van der Waals surface area contributed by atoms with Gasteiger partial charge in [0.25, 0.3) is 15.9 Å². The third-order valence-corrected chi connectivity index (χ3v) is 6.29. The molecule has 0 bridgehead atoms. The van der Waals surface area contributed by atoms with Gasteiger partial charge in [-0.3, -0.25) is 14.8 Å². The Bertz CT molecular complexity index is 1130. The van der Waals surface area contributed by atoms with E-state index >= 15 is 0 Å². The third kappa shape index (κ3) is 5.26. The first-order chi connectivity index (χ1) is 13.8. The lowest BCUT2D eigenvalue weighted by atomic mass is 10.2. The summed E-state index contributed by atoms with van der Waals surface area (Å²) in [5, 5.41) is 3.16. The van der Waals surface area contributed by atoms with Crippen LogP contribution in [0, 0.1) is 6.92 Å². The fourth-order valence-corrected chi connectivity index (χ4v) is 4.37. The largest absolute Gasteiger partial charge is 0.494 e. The quantitative estimate of drug-likeness (QED) is 0.549. The van der Waals surface area contributed by atoms with E-state index in [0.29, 0.717) is 23.2 Å². The van der Waals surface area contributed by atoms with E-state index in [2.05, 4.69) is 15.0 Å². The van der Waals surface area contributed by atoms with Gasteiger partial charge in [0.15, 0.2) is 5.13 Å². The van der Waals surface area contributed by atoms with Gasteiger partial charge in [0.1, 0.15) is 5.75 Å². The third-order valence-electron chi connectivity index (χ3n) is 3.75. The van der Waals surface area contributed by atoms with Gasteiger partial charge in [-0.1, -0.05) is 11.6 Å². The van der Waals surface area contributed by atoms with Crippen molar-refractivity contribution in [3.63, 3.8) is 0 Å². The topological polar surface area (TPSA) is 97.4 Å². The molecule has 3 aromatic rings. The van der Waals surface area contributed by atoms with Crippen LogP contribution < -0.4 is 14.8 Å². The SMILES string of the molecule is CCOc1ccc(NS(=O)(=O)c2ccc(Cl)c(C(=O)Nc3ncc(C)s3)c2)cc1. The summed E-state index contributed by atoms with van der Waals surface area (Å²) < 4.78 is 33.3. The summed E-state index contributed by atoms with van der Waals surface area (Å²) in [6.45, 7) is 4.24. The molecule has 2 aromatic carbocycles. The number of carbonyl (C=O) groups is 1. The van der Waals surface area contributed by atoms with Crippen LogP contribution in [0.4, 0.5) is 10.8 Å². The molecule has 29 heavy (non-hydrogen) atoms. The summed E-state index contributed by atoms with van der Waals surface area (Å²) in [6.07, 6.45) is 1.63. The standard InChI is InChI=1S/C19H18ClN3O4S2/c1-3-27-14-6-4-13(5-7-14)23-29(25,26)15-8-9-17(20)16(10-15)18(24)22-19-21-11-12(2)28-19/h4-11,23H,3H2,1-2H3,(H,21,22,24). The normalized spacial score (nSPS) is 11.1. The van der Waals surface area contributed by atoms with Crippen LogP contribution in [-0.2, 0) is 10.0 Å². The highest BCUT2D eigenvalue weighted by atomic mass is 35.5. The molecule has 10 heteroatoms. The molecule has 0 aliphatic carbocycles. The number of hydrogen-bond acceptors (Lipinski definition) is 6. The van der Waals surface area contributed by atoms with Crippen LogP contribution in [0.15, 0.2) is 53.6 Å². The number of halogens is 1. The highest BCUT2D eigenvalue weighted by Crippen LogP contribution is 2.25.